The quantitative estimate of drug-likeness (QED) is 0.481. The van der Waals surface area contributed by atoms with Gasteiger partial charge in [0.05, 0.1) is 0 Å². The predicted octanol–water partition coefficient (Wildman–Crippen LogP) is 4.00. The van der Waals surface area contributed by atoms with E-state index in [0.29, 0.717) is 39.0 Å². The second-order valence-electron chi connectivity index (χ2n) is 9.31. The van der Waals surface area contributed by atoms with E-state index >= 15 is 0 Å². The summed E-state index contributed by atoms with van der Waals surface area (Å²) in [6, 6.07) is 26.4. The van der Waals surface area contributed by atoms with E-state index in [9.17, 15) is 14.4 Å². The topological polar surface area (TPSA) is 79.0 Å². The maximum atomic E-state index is 13.5. The molecule has 0 spiro atoms. The molecule has 1 aliphatic rings. The number of alkyl carbamates (subject to hydrolysis) is 1. The van der Waals surface area contributed by atoms with Crippen molar-refractivity contribution in [2.24, 2.45) is 0 Å². The highest BCUT2D eigenvalue weighted by Crippen LogP contribution is 2.19. The normalized spacial score (nSPS) is 14.1. The molecule has 7 nitrogen and oxygen atoms in total. The summed E-state index contributed by atoms with van der Waals surface area (Å²) in [5.74, 6) is 0.0273. The number of nitrogens with one attached hydrogen (secondary N) is 1. The molecule has 4 rings (SSSR count). The number of amides is 2. The van der Waals surface area contributed by atoms with Gasteiger partial charge in [-0.2, -0.15) is 0 Å². The third kappa shape index (κ3) is 7.67. The number of benzene rings is 3. The fraction of sp³-hybridized carbons (Fsp3) is 0.300. The van der Waals surface area contributed by atoms with Gasteiger partial charge >= 0.3 is 6.09 Å². The number of Topliss-reactive ketones (excluding diaryl/α,β-unsaturated/α-hetero) is 1. The summed E-state index contributed by atoms with van der Waals surface area (Å²) in [6.45, 7) is 4.22. The number of hydrogen-bond donors (Lipinski definition) is 1. The Bertz CT molecular complexity index is 1170. The lowest BCUT2D eigenvalue weighted by Crippen LogP contribution is -2.55. The highest BCUT2D eigenvalue weighted by Gasteiger charge is 2.29. The lowest BCUT2D eigenvalue weighted by Gasteiger charge is -2.37. The first kappa shape index (κ1) is 25.9. The van der Waals surface area contributed by atoms with Gasteiger partial charge in [-0.25, -0.2) is 4.79 Å². The molecule has 0 aromatic heterocycles. The number of piperazine rings is 1. The van der Waals surface area contributed by atoms with Gasteiger partial charge in [-0.15, -0.1) is 0 Å². The van der Waals surface area contributed by atoms with Gasteiger partial charge in [-0.05, 0) is 35.7 Å². The van der Waals surface area contributed by atoms with Crippen molar-refractivity contribution in [1.82, 2.24) is 10.2 Å². The van der Waals surface area contributed by atoms with Gasteiger partial charge in [0.15, 0.2) is 0 Å². The number of ketones is 1. The molecule has 1 fully saturated rings. The zero-order valence-electron chi connectivity index (χ0n) is 21.1. The average Bonchev–Trinajstić information content (AvgIpc) is 2.92. The van der Waals surface area contributed by atoms with Crippen molar-refractivity contribution in [3.8, 4) is 0 Å². The monoisotopic (exact) mass is 499 g/mol. The van der Waals surface area contributed by atoms with Crippen LogP contribution in [0, 0.1) is 0 Å². The minimum Gasteiger partial charge on any atom is -0.445 e. The molecule has 0 unspecified atom stereocenters. The van der Waals surface area contributed by atoms with Crippen LogP contribution < -0.4 is 10.2 Å². The number of hydrogen-bond acceptors (Lipinski definition) is 5. The SMILES string of the molecule is CC(=O)Cc1ccc(N2CCN(C(=O)[C@@H](Cc3ccccc3)NC(=O)OCc3ccccc3)CC2)cc1. The second-order valence-corrected chi connectivity index (χ2v) is 9.31. The third-order valence-electron chi connectivity index (χ3n) is 6.43. The van der Waals surface area contributed by atoms with Crippen molar-refractivity contribution in [2.45, 2.75) is 32.4 Å². The fourth-order valence-electron chi connectivity index (χ4n) is 4.47. The zero-order chi connectivity index (χ0) is 26.0. The van der Waals surface area contributed by atoms with Crippen molar-refractivity contribution >= 4 is 23.5 Å². The van der Waals surface area contributed by atoms with E-state index in [1.165, 1.54) is 0 Å². The molecule has 0 aliphatic carbocycles. The standard InChI is InChI=1S/C30H33N3O4/c1-23(34)20-25-12-14-27(15-13-25)32-16-18-33(19-17-32)29(35)28(21-24-8-4-2-5-9-24)31-30(36)37-22-26-10-6-3-7-11-26/h2-15,28H,16-22H2,1H3,(H,31,36)/t28-/m1/s1. The Balaban J connectivity index is 1.36. The van der Waals surface area contributed by atoms with Crippen molar-refractivity contribution in [1.29, 1.82) is 0 Å². The van der Waals surface area contributed by atoms with Crippen LogP contribution in [0.3, 0.4) is 0 Å². The van der Waals surface area contributed by atoms with Gasteiger partial charge in [-0.1, -0.05) is 72.8 Å². The Morgan fingerprint density at radius 3 is 1.97 bits per heavy atom. The minimum absolute atomic E-state index is 0.114. The Kier molecular flexibility index (Phi) is 8.92. The van der Waals surface area contributed by atoms with Crippen molar-refractivity contribution in [2.75, 3.05) is 31.1 Å². The van der Waals surface area contributed by atoms with Crippen molar-refractivity contribution < 1.29 is 19.1 Å². The first-order chi connectivity index (χ1) is 18.0. The highest BCUT2D eigenvalue weighted by molar-refractivity contribution is 5.86. The Hall–Kier alpha value is -4.13. The second kappa shape index (κ2) is 12.7. The largest absolute Gasteiger partial charge is 0.445 e. The number of ether oxygens (including phenoxy) is 1. The molecule has 3 aromatic carbocycles. The Morgan fingerprint density at radius 1 is 0.784 bits per heavy atom. The molecule has 7 heteroatoms. The van der Waals surface area contributed by atoms with E-state index in [4.69, 9.17) is 4.74 Å². The summed E-state index contributed by atoms with van der Waals surface area (Å²) in [6.07, 6.45) is 0.215. The van der Waals surface area contributed by atoms with E-state index < -0.39 is 12.1 Å². The Labute approximate surface area is 218 Å². The molecule has 1 N–H and O–H groups in total. The molecule has 0 radical (unpaired) electrons. The predicted molar refractivity (Wildman–Crippen MR) is 143 cm³/mol. The molecule has 2 amide bonds. The van der Waals surface area contributed by atoms with Crippen LogP contribution >= 0.6 is 0 Å². The molecule has 1 heterocycles. The van der Waals surface area contributed by atoms with Crippen LogP contribution in [0.1, 0.15) is 23.6 Å². The van der Waals surface area contributed by atoms with Crippen molar-refractivity contribution in [3.63, 3.8) is 0 Å². The smallest absolute Gasteiger partial charge is 0.408 e. The number of rotatable bonds is 9. The summed E-state index contributed by atoms with van der Waals surface area (Å²) < 4.78 is 5.39. The third-order valence-corrected chi connectivity index (χ3v) is 6.43. The summed E-state index contributed by atoms with van der Waals surface area (Å²) >= 11 is 0. The van der Waals surface area contributed by atoms with Gasteiger partial charge < -0.3 is 19.9 Å². The number of carbonyl (C=O) groups excluding carboxylic acids is 3. The first-order valence-corrected chi connectivity index (χ1v) is 12.6. The first-order valence-electron chi connectivity index (χ1n) is 12.6. The van der Waals surface area contributed by atoms with E-state index in [1.54, 1.807) is 6.92 Å². The van der Waals surface area contributed by atoms with E-state index in [-0.39, 0.29) is 18.3 Å². The molecular weight excluding hydrogens is 466 g/mol. The van der Waals surface area contributed by atoms with Crippen LogP contribution in [0.15, 0.2) is 84.9 Å². The van der Waals surface area contributed by atoms with Crippen LogP contribution in [0.5, 0.6) is 0 Å². The minimum atomic E-state index is -0.719. The van der Waals surface area contributed by atoms with Crippen LogP contribution in [0.4, 0.5) is 10.5 Å². The Morgan fingerprint density at radius 2 is 1.38 bits per heavy atom. The molecule has 192 valence electrons. The fourth-order valence-corrected chi connectivity index (χ4v) is 4.47. The number of anilines is 1. The van der Waals surface area contributed by atoms with E-state index in [2.05, 4.69) is 10.2 Å². The maximum Gasteiger partial charge on any atom is 0.408 e. The van der Waals surface area contributed by atoms with Crippen molar-refractivity contribution in [3.05, 3.63) is 102 Å². The van der Waals surface area contributed by atoms with Gasteiger partial charge in [-0.3, -0.25) is 9.59 Å². The molecule has 1 atom stereocenters. The van der Waals surface area contributed by atoms with Crippen LogP contribution in [-0.4, -0.2) is 54.9 Å². The summed E-state index contributed by atoms with van der Waals surface area (Å²) in [4.78, 5) is 41.5. The molecule has 0 saturated carbocycles. The van der Waals surface area contributed by atoms with E-state index in [0.717, 1.165) is 22.4 Å². The molecule has 37 heavy (non-hydrogen) atoms. The van der Waals surface area contributed by atoms with Crippen LogP contribution in [-0.2, 0) is 33.8 Å². The lowest BCUT2D eigenvalue weighted by atomic mass is 10.0. The average molecular weight is 500 g/mol. The molecular formula is C30H33N3O4. The molecule has 3 aromatic rings. The summed E-state index contributed by atoms with van der Waals surface area (Å²) in [7, 11) is 0. The van der Waals surface area contributed by atoms with E-state index in [1.807, 2.05) is 89.8 Å². The molecule has 0 bridgehead atoms. The van der Waals surface area contributed by atoms with Gasteiger partial charge in [0.2, 0.25) is 5.91 Å². The summed E-state index contributed by atoms with van der Waals surface area (Å²) in [5, 5.41) is 2.80. The molecule has 1 saturated heterocycles. The maximum absolute atomic E-state index is 13.5. The van der Waals surface area contributed by atoms with Gasteiger partial charge in [0.1, 0.15) is 18.4 Å². The zero-order valence-corrected chi connectivity index (χ0v) is 21.1. The van der Waals surface area contributed by atoms with Gasteiger partial charge in [0, 0.05) is 44.7 Å². The lowest BCUT2D eigenvalue weighted by molar-refractivity contribution is -0.133. The summed E-state index contributed by atoms with van der Waals surface area (Å²) in [5.41, 5.74) is 3.92. The number of nitrogens with zero attached hydrogens (tertiary/aromatic N) is 2. The number of carbonyl (C=O) groups is 3. The van der Waals surface area contributed by atoms with Gasteiger partial charge in [0.25, 0.3) is 0 Å². The van der Waals surface area contributed by atoms with Crippen LogP contribution in [0.25, 0.3) is 0 Å². The highest BCUT2D eigenvalue weighted by atomic mass is 16.5. The molecule has 1 aliphatic heterocycles. The van der Waals surface area contributed by atoms with Crippen LogP contribution in [0.2, 0.25) is 0 Å².